The first-order valence-electron chi connectivity index (χ1n) is 26.5. The van der Waals surface area contributed by atoms with Crippen molar-refractivity contribution in [3.63, 3.8) is 0 Å². The van der Waals surface area contributed by atoms with E-state index in [9.17, 15) is 47.1 Å². The van der Waals surface area contributed by atoms with Crippen LogP contribution in [0, 0.1) is 29.6 Å². The Morgan fingerprint density at radius 3 is 1.96 bits per heavy atom. The summed E-state index contributed by atoms with van der Waals surface area (Å²) >= 11 is 0. The summed E-state index contributed by atoms with van der Waals surface area (Å²) in [6.07, 6.45) is 2.56. The Kier molecular flexibility index (Phi) is 23.6. The van der Waals surface area contributed by atoms with E-state index >= 15 is 0 Å². The second-order valence-electron chi connectivity index (χ2n) is 21.5. The van der Waals surface area contributed by atoms with Crippen LogP contribution in [-0.4, -0.2) is 184 Å². The first kappa shape index (κ1) is 61.7. The van der Waals surface area contributed by atoms with E-state index in [1.165, 1.54) is 14.2 Å². The molecule has 0 spiro atoms. The minimum atomic E-state index is -3.97. The number of carbonyl (C=O) groups excluding carboxylic acids is 6. The Labute approximate surface area is 439 Å². The number of amides is 6. The van der Waals surface area contributed by atoms with E-state index in [2.05, 4.69) is 15.4 Å². The largest absolute Gasteiger partial charge is 0.494 e. The van der Waals surface area contributed by atoms with Crippen LogP contribution in [0.25, 0.3) is 0 Å². The number of nitrogens with zero attached hydrogens (tertiary/aromatic N) is 4. The van der Waals surface area contributed by atoms with Gasteiger partial charge in [-0.3, -0.25) is 43.2 Å². The summed E-state index contributed by atoms with van der Waals surface area (Å²) in [7, 11) is 4.36. The fraction of sp³-hybridized carbons (Fsp3) is 0.755. The number of methoxy groups -OCH3 is 2. The zero-order valence-electron chi connectivity index (χ0n) is 46.0. The molecular formula is C53H87N7O13S. The second kappa shape index (κ2) is 28.3. The van der Waals surface area contributed by atoms with Crippen LogP contribution in [0.2, 0.25) is 0 Å². The number of likely N-dealkylation sites (tertiary alicyclic amines) is 2. The molecule has 1 aliphatic carbocycles. The molecule has 3 fully saturated rings. The van der Waals surface area contributed by atoms with Gasteiger partial charge in [0.15, 0.2) is 0 Å². The molecule has 21 heteroatoms. The summed E-state index contributed by atoms with van der Waals surface area (Å²) in [5.74, 6) is -4.31. The monoisotopic (exact) mass is 1060 g/mol. The highest BCUT2D eigenvalue weighted by Gasteiger charge is 2.44. The number of rotatable bonds is 29. The molecule has 2 heterocycles. The van der Waals surface area contributed by atoms with Crippen molar-refractivity contribution in [2.75, 3.05) is 61.6 Å². The SMILES string of the molecule is CC[C@H](C)[C@@H]([C@@H](CC(=O)N1CCC[C@H]1[C@H](OC)[C@@H](C)C(=O)N[C@@H](Cc1ccc(OCCCC(=O)N2CCC(C(=O)O)CC2)cc1)C(=O)NS(=O)(=O)C1CC1)OC)N(C)C(=O)[C@@H](NC(=O)C(C(C)C)N(C)C)C(C)C. The van der Waals surface area contributed by atoms with E-state index in [-0.39, 0.29) is 67.3 Å². The van der Waals surface area contributed by atoms with Crippen LogP contribution in [0.4, 0.5) is 0 Å². The van der Waals surface area contributed by atoms with Gasteiger partial charge < -0.3 is 44.7 Å². The molecule has 3 aliphatic rings. The minimum absolute atomic E-state index is 0.000793. The predicted octanol–water partition coefficient (Wildman–Crippen LogP) is 3.45. The number of carboxylic acid groups (broad SMARTS) is 1. The van der Waals surface area contributed by atoms with Gasteiger partial charge in [-0.25, -0.2) is 8.42 Å². The number of carbonyl (C=O) groups is 7. The molecule has 1 aromatic rings. The lowest BCUT2D eigenvalue weighted by molar-refractivity contribution is -0.148. The normalized spacial score (nSPS) is 19.7. The highest BCUT2D eigenvalue weighted by Crippen LogP contribution is 2.31. The molecule has 2 aliphatic heterocycles. The summed E-state index contributed by atoms with van der Waals surface area (Å²) in [5.41, 5.74) is 0.606. The maximum atomic E-state index is 14.5. The molecule has 0 radical (unpaired) electrons. The van der Waals surface area contributed by atoms with Crippen LogP contribution in [-0.2, 0) is 59.5 Å². The fourth-order valence-corrected chi connectivity index (χ4v) is 11.8. The maximum Gasteiger partial charge on any atom is 0.306 e. The summed E-state index contributed by atoms with van der Waals surface area (Å²) < 4.78 is 46.0. The van der Waals surface area contributed by atoms with Crippen LogP contribution >= 0.6 is 0 Å². The zero-order valence-corrected chi connectivity index (χ0v) is 46.8. The van der Waals surface area contributed by atoms with Gasteiger partial charge in [-0.15, -0.1) is 0 Å². The van der Waals surface area contributed by atoms with Crippen molar-refractivity contribution in [2.45, 2.75) is 167 Å². The molecule has 2 saturated heterocycles. The van der Waals surface area contributed by atoms with Crippen LogP contribution in [0.5, 0.6) is 5.75 Å². The van der Waals surface area contributed by atoms with Gasteiger partial charge in [0, 0.05) is 53.7 Å². The number of nitrogens with one attached hydrogen (secondary N) is 3. The Hall–Kier alpha value is -4.86. The van der Waals surface area contributed by atoms with Gasteiger partial charge in [-0.2, -0.15) is 0 Å². The number of piperidine rings is 1. The first-order chi connectivity index (χ1) is 34.9. The number of likely N-dealkylation sites (N-methyl/N-ethyl adjacent to an activating group) is 2. The number of sulfonamides is 1. The van der Waals surface area contributed by atoms with Gasteiger partial charge in [-0.05, 0) is 94.5 Å². The number of ether oxygens (including phenoxy) is 3. The molecule has 6 amide bonds. The summed E-state index contributed by atoms with van der Waals surface area (Å²) in [4.78, 5) is 101. The lowest BCUT2D eigenvalue weighted by Crippen LogP contribution is -2.59. The van der Waals surface area contributed by atoms with Crippen molar-refractivity contribution in [1.82, 2.24) is 35.0 Å². The molecule has 0 bridgehead atoms. The molecule has 9 atom stereocenters. The van der Waals surface area contributed by atoms with Crippen molar-refractivity contribution in [3.8, 4) is 5.75 Å². The van der Waals surface area contributed by atoms with E-state index in [1.54, 1.807) is 52.9 Å². The van der Waals surface area contributed by atoms with Crippen LogP contribution in [0.15, 0.2) is 24.3 Å². The number of hydrogen-bond acceptors (Lipinski definition) is 13. The summed E-state index contributed by atoms with van der Waals surface area (Å²) in [6.45, 7) is 14.8. The van der Waals surface area contributed by atoms with Gasteiger partial charge in [-0.1, -0.05) is 67.0 Å². The maximum absolute atomic E-state index is 14.5. The number of aliphatic carboxylic acids is 1. The fourth-order valence-electron chi connectivity index (χ4n) is 10.5. The number of benzene rings is 1. The van der Waals surface area contributed by atoms with E-state index in [0.717, 1.165) is 0 Å². The topological polar surface area (TPSA) is 251 Å². The predicted molar refractivity (Wildman–Crippen MR) is 279 cm³/mol. The molecule has 4 rings (SSSR count). The second-order valence-corrected chi connectivity index (χ2v) is 23.5. The van der Waals surface area contributed by atoms with Crippen molar-refractivity contribution < 1.29 is 61.3 Å². The van der Waals surface area contributed by atoms with E-state index < -0.39 is 87.3 Å². The highest BCUT2D eigenvalue weighted by molar-refractivity contribution is 7.90. The Bertz CT molecular complexity index is 2160. The van der Waals surface area contributed by atoms with Crippen molar-refractivity contribution in [3.05, 3.63) is 29.8 Å². The lowest BCUT2D eigenvalue weighted by Gasteiger charge is -2.41. The molecule has 1 saturated carbocycles. The Morgan fingerprint density at radius 1 is 0.797 bits per heavy atom. The Morgan fingerprint density at radius 2 is 1.43 bits per heavy atom. The lowest BCUT2D eigenvalue weighted by atomic mass is 9.89. The van der Waals surface area contributed by atoms with Crippen molar-refractivity contribution >= 4 is 51.4 Å². The standard InChI is InChI=1S/C53H87N7O13S/c1-13-34(6)47(58(10)52(66)45(32(2)3)55-51(65)46(33(4)5)57(8)9)42(71-11)31-44(62)60-26-14-16-41(60)48(72-12)35(7)49(63)54-40(50(64)56-74(69,70)39-22-23-39)30-36-18-20-38(21-19-36)73-29-15-17-43(61)59-27-24-37(25-28-59)53(67)68/h18-21,32-35,37,39-42,45-48H,13-17,22-31H2,1-12H3,(H,54,63)(H,55,65)(H,56,64)(H,67,68)/t34-,35+,40-,41-,42+,45-,46?,47-,48+/m0/s1. The number of hydrogen-bond donors (Lipinski definition) is 4. The zero-order chi connectivity index (χ0) is 55.2. The average molecular weight is 1060 g/mol. The highest BCUT2D eigenvalue weighted by atomic mass is 32.2. The third kappa shape index (κ3) is 16.8. The minimum Gasteiger partial charge on any atom is -0.494 e. The molecule has 1 aromatic carbocycles. The molecule has 418 valence electrons. The quantitative estimate of drug-likeness (QED) is 0.0840. The summed E-state index contributed by atoms with van der Waals surface area (Å²) in [6, 6.07) is 3.13. The Balaban J connectivity index is 1.44. The molecule has 74 heavy (non-hydrogen) atoms. The van der Waals surface area contributed by atoms with Crippen LogP contribution in [0.3, 0.4) is 0 Å². The molecule has 1 unspecified atom stereocenters. The van der Waals surface area contributed by atoms with Crippen LogP contribution < -0.4 is 20.1 Å². The van der Waals surface area contributed by atoms with Crippen molar-refractivity contribution in [2.24, 2.45) is 29.6 Å². The van der Waals surface area contributed by atoms with Gasteiger partial charge in [0.25, 0.3) is 5.91 Å². The third-order valence-corrected chi connectivity index (χ3v) is 17.0. The van der Waals surface area contributed by atoms with E-state index in [0.29, 0.717) is 82.3 Å². The van der Waals surface area contributed by atoms with Crippen LogP contribution in [0.1, 0.15) is 118 Å². The average Bonchev–Trinajstić information content (AvgIpc) is 4.12. The third-order valence-electron chi connectivity index (χ3n) is 15.1. The van der Waals surface area contributed by atoms with Crippen molar-refractivity contribution in [1.29, 1.82) is 0 Å². The first-order valence-corrected chi connectivity index (χ1v) is 28.1. The smallest absolute Gasteiger partial charge is 0.306 e. The molecule has 4 N–H and O–H groups in total. The molecular weight excluding hydrogens is 975 g/mol. The molecule has 20 nitrogen and oxygen atoms in total. The van der Waals surface area contributed by atoms with Gasteiger partial charge in [0.05, 0.1) is 60.4 Å². The van der Waals surface area contributed by atoms with Gasteiger partial charge in [0.1, 0.15) is 17.8 Å². The summed E-state index contributed by atoms with van der Waals surface area (Å²) in [5, 5.41) is 14.4. The van der Waals surface area contributed by atoms with E-state index in [1.807, 2.05) is 60.5 Å². The van der Waals surface area contributed by atoms with Gasteiger partial charge in [0.2, 0.25) is 39.6 Å². The number of carboxylic acids is 1. The van der Waals surface area contributed by atoms with E-state index in [4.69, 9.17) is 14.2 Å². The molecule has 0 aromatic heterocycles. The van der Waals surface area contributed by atoms with Gasteiger partial charge >= 0.3 is 5.97 Å².